The summed E-state index contributed by atoms with van der Waals surface area (Å²) in [5.41, 5.74) is 3.25. The van der Waals surface area contributed by atoms with Gasteiger partial charge in [-0.05, 0) is 36.1 Å². The number of nitrogens with one attached hydrogen (secondary N) is 1. The van der Waals surface area contributed by atoms with Gasteiger partial charge in [-0.25, -0.2) is 14.6 Å². The van der Waals surface area contributed by atoms with Crippen LogP contribution in [0, 0.1) is 5.92 Å². The van der Waals surface area contributed by atoms with Gasteiger partial charge in [0, 0.05) is 12.5 Å². The lowest BCUT2D eigenvalue weighted by molar-refractivity contribution is -0.125. The number of carbonyl (C=O) groups excluding carboxylic acids is 1. The van der Waals surface area contributed by atoms with E-state index in [2.05, 4.69) is 57.9 Å². The van der Waals surface area contributed by atoms with Crippen LogP contribution in [0.15, 0.2) is 73.3 Å². The molecule has 0 saturated heterocycles. The predicted molar refractivity (Wildman–Crippen MR) is 122 cm³/mol. The fourth-order valence-electron chi connectivity index (χ4n) is 4.01. The molecule has 7 heteroatoms. The number of para-hydroxylation sites is 1. The fraction of sp³-hybridized carbons (Fsp3) is 0.250. The molecule has 1 aliphatic carbocycles. The summed E-state index contributed by atoms with van der Waals surface area (Å²) in [4.78, 5) is 21.8. The van der Waals surface area contributed by atoms with Gasteiger partial charge in [0.15, 0.2) is 0 Å². The van der Waals surface area contributed by atoms with Crippen molar-refractivity contribution in [3.8, 4) is 0 Å². The van der Waals surface area contributed by atoms with Gasteiger partial charge < -0.3 is 5.32 Å². The molecule has 0 unspecified atom stereocenters. The van der Waals surface area contributed by atoms with Crippen LogP contribution in [0.25, 0.3) is 10.2 Å². The Morgan fingerprint density at radius 2 is 1.87 bits per heavy atom. The molecule has 0 bridgehead atoms. The number of carbonyl (C=O) groups is 1. The highest BCUT2D eigenvalue weighted by Crippen LogP contribution is 2.38. The Morgan fingerprint density at radius 1 is 1.06 bits per heavy atom. The lowest BCUT2D eigenvalue weighted by Crippen LogP contribution is -2.34. The van der Waals surface area contributed by atoms with Gasteiger partial charge in [-0.2, -0.15) is 5.10 Å². The van der Waals surface area contributed by atoms with Gasteiger partial charge in [-0.15, -0.1) is 11.3 Å². The van der Waals surface area contributed by atoms with E-state index in [9.17, 15) is 4.79 Å². The summed E-state index contributed by atoms with van der Waals surface area (Å²) in [6.07, 6.45) is 9.14. The number of amides is 1. The molecule has 0 fully saturated rings. The molecule has 31 heavy (non-hydrogen) atoms. The molecule has 5 rings (SSSR count). The van der Waals surface area contributed by atoms with E-state index < -0.39 is 0 Å². The number of fused-ring (bicyclic) bond motifs is 1. The second kappa shape index (κ2) is 8.81. The van der Waals surface area contributed by atoms with E-state index in [0.29, 0.717) is 13.1 Å². The standard InChI is InChI=1S/C24H23N5OS/c30-23(26-13-17-9-11-18(12-10-17)14-29-16-25-15-27-29)19-5-1-2-6-20(19)24-28-21-7-3-4-8-22(21)31-24/h1-4,7-12,15-16,19-20H,5-6,13-14H2,(H,26,30)/t19-,20-/m0/s1. The van der Waals surface area contributed by atoms with E-state index in [1.54, 1.807) is 22.3 Å². The summed E-state index contributed by atoms with van der Waals surface area (Å²) in [7, 11) is 0. The van der Waals surface area contributed by atoms with E-state index in [4.69, 9.17) is 4.98 Å². The monoisotopic (exact) mass is 429 g/mol. The van der Waals surface area contributed by atoms with E-state index in [1.807, 2.05) is 18.2 Å². The van der Waals surface area contributed by atoms with E-state index in [-0.39, 0.29) is 17.7 Å². The zero-order chi connectivity index (χ0) is 21.0. The third kappa shape index (κ3) is 4.41. The van der Waals surface area contributed by atoms with Crippen LogP contribution in [0.2, 0.25) is 0 Å². The minimum absolute atomic E-state index is 0.0860. The summed E-state index contributed by atoms with van der Waals surface area (Å²) >= 11 is 1.71. The lowest BCUT2D eigenvalue weighted by Gasteiger charge is -2.26. The van der Waals surface area contributed by atoms with Crippen molar-refractivity contribution < 1.29 is 4.79 Å². The average molecular weight is 430 g/mol. The van der Waals surface area contributed by atoms with E-state index in [1.165, 1.54) is 11.0 Å². The second-order valence-corrected chi connectivity index (χ2v) is 8.87. The molecule has 6 nitrogen and oxygen atoms in total. The number of thiazole rings is 1. The molecule has 4 aromatic rings. The predicted octanol–water partition coefficient (Wildman–Crippen LogP) is 4.30. The molecule has 2 heterocycles. The first-order valence-electron chi connectivity index (χ1n) is 10.4. The number of hydrogen-bond acceptors (Lipinski definition) is 5. The Bertz CT molecular complexity index is 1160. The first-order chi connectivity index (χ1) is 15.3. The largest absolute Gasteiger partial charge is 0.352 e. The van der Waals surface area contributed by atoms with Gasteiger partial charge in [-0.1, -0.05) is 48.6 Å². The second-order valence-electron chi connectivity index (χ2n) is 7.80. The summed E-state index contributed by atoms with van der Waals surface area (Å²) in [6, 6.07) is 16.4. The smallest absolute Gasteiger partial charge is 0.224 e. The van der Waals surface area contributed by atoms with Crippen molar-refractivity contribution in [2.24, 2.45) is 5.92 Å². The van der Waals surface area contributed by atoms with Crippen LogP contribution >= 0.6 is 11.3 Å². The zero-order valence-electron chi connectivity index (χ0n) is 17.0. The molecule has 2 aromatic carbocycles. The van der Waals surface area contributed by atoms with E-state index in [0.717, 1.165) is 34.5 Å². The summed E-state index contributed by atoms with van der Waals surface area (Å²) < 4.78 is 2.97. The molecule has 1 N–H and O–H groups in total. The Balaban J connectivity index is 1.24. The number of aromatic nitrogens is 4. The molecule has 0 spiro atoms. The van der Waals surface area contributed by atoms with Gasteiger partial charge in [0.25, 0.3) is 0 Å². The first-order valence-corrected chi connectivity index (χ1v) is 11.3. The van der Waals surface area contributed by atoms with E-state index >= 15 is 0 Å². The highest BCUT2D eigenvalue weighted by molar-refractivity contribution is 7.18. The van der Waals surface area contributed by atoms with Gasteiger partial charge in [-0.3, -0.25) is 4.79 Å². The molecule has 0 aliphatic heterocycles. The molecule has 156 valence electrons. The topological polar surface area (TPSA) is 72.7 Å². The van der Waals surface area contributed by atoms with Gasteiger partial charge in [0.05, 0.1) is 27.7 Å². The zero-order valence-corrected chi connectivity index (χ0v) is 17.8. The molecule has 2 aromatic heterocycles. The fourth-order valence-corrected chi connectivity index (χ4v) is 5.16. The quantitative estimate of drug-likeness (QED) is 0.464. The number of rotatable bonds is 6. The van der Waals surface area contributed by atoms with Crippen LogP contribution in [0.4, 0.5) is 0 Å². The van der Waals surface area contributed by atoms with Crippen molar-refractivity contribution in [3.05, 3.63) is 89.5 Å². The summed E-state index contributed by atoms with van der Waals surface area (Å²) in [5, 5.41) is 8.33. The summed E-state index contributed by atoms with van der Waals surface area (Å²) in [6.45, 7) is 1.21. The molecular formula is C24H23N5OS. The SMILES string of the molecule is O=C(NCc1ccc(Cn2cncn2)cc1)[C@H]1CC=CC[C@@H]1c1nc2ccccc2s1. The molecule has 0 saturated carbocycles. The summed E-state index contributed by atoms with van der Waals surface area (Å²) in [5.74, 6) is 0.143. The number of nitrogens with zero attached hydrogens (tertiary/aromatic N) is 4. The number of allylic oxidation sites excluding steroid dienone is 2. The van der Waals surface area contributed by atoms with Crippen molar-refractivity contribution in [1.82, 2.24) is 25.1 Å². The van der Waals surface area contributed by atoms with Crippen LogP contribution in [-0.2, 0) is 17.9 Å². The molecular weight excluding hydrogens is 406 g/mol. The maximum absolute atomic E-state index is 13.1. The van der Waals surface area contributed by atoms with Gasteiger partial charge >= 0.3 is 0 Å². The van der Waals surface area contributed by atoms with Crippen LogP contribution in [0.1, 0.15) is 34.9 Å². The molecule has 0 radical (unpaired) electrons. The third-order valence-corrected chi connectivity index (χ3v) is 6.87. The third-order valence-electron chi connectivity index (χ3n) is 5.70. The minimum atomic E-state index is -0.0860. The number of hydrogen-bond donors (Lipinski definition) is 1. The first kappa shape index (κ1) is 19.6. The lowest BCUT2D eigenvalue weighted by atomic mass is 9.82. The van der Waals surface area contributed by atoms with Crippen molar-refractivity contribution in [2.75, 3.05) is 0 Å². The van der Waals surface area contributed by atoms with Crippen LogP contribution in [0.3, 0.4) is 0 Å². The Labute approximate surface area is 184 Å². The highest BCUT2D eigenvalue weighted by Gasteiger charge is 2.32. The van der Waals surface area contributed by atoms with Crippen molar-refractivity contribution in [1.29, 1.82) is 0 Å². The minimum Gasteiger partial charge on any atom is -0.352 e. The van der Waals surface area contributed by atoms with Crippen molar-refractivity contribution in [2.45, 2.75) is 31.8 Å². The maximum atomic E-state index is 13.1. The van der Waals surface area contributed by atoms with Crippen molar-refractivity contribution >= 4 is 27.5 Å². The van der Waals surface area contributed by atoms with Gasteiger partial charge in [0.2, 0.25) is 5.91 Å². The maximum Gasteiger partial charge on any atom is 0.224 e. The Hall–Kier alpha value is -3.32. The van der Waals surface area contributed by atoms with Crippen molar-refractivity contribution in [3.63, 3.8) is 0 Å². The molecule has 2 atom stereocenters. The Kier molecular flexibility index (Phi) is 5.58. The van der Waals surface area contributed by atoms with Crippen LogP contribution in [0.5, 0.6) is 0 Å². The molecule has 1 aliphatic rings. The average Bonchev–Trinajstić information content (AvgIpc) is 3.48. The van der Waals surface area contributed by atoms with Crippen LogP contribution in [-0.4, -0.2) is 25.7 Å². The Morgan fingerprint density at radius 3 is 2.68 bits per heavy atom. The normalized spacial score (nSPS) is 18.3. The molecule has 1 amide bonds. The number of benzene rings is 2. The van der Waals surface area contributed by atoms with Crippen LogP contribution < -0.4 is 5.32 Å². The highest BCUT2D eigenvalue weighted by atomic mass is 32.1. The van der Waals surface area contributed by atoms with Gasteiger partial charge in [0.1, 0.15) is 12.7 Å².